The zero-order chi connectivity index (χ0) is 7.98. The Hall–Kier alpha value is -0.680. The van der Waals surface area contributed by atoms with Crippen LogP contribution in [0.15, 0.2) is 11.6 Å². The highest BCUT2D eigenvalue weighted by Gasteiger charge is 2.09. The van der Waals surface area contributed by atoms with E-state index in [-0.39, 0.29) is 0 Å². The predicted octanol–water partition coefficient (Wildman–Crippen LogP) is -0.439. The number of aliphatic carboxylic acids is 1. The summed E-state index contributed by atoms with van der Waals surface area (Å²) in [6.07, 6.45) is 1.35. The number of nitrogens with two attached hydrogens (primary N) is 2. The maximum atomic E-state index is 10.1. The van der Waals surface area contributed by atoms with Crippen LogP contribution in [0.4, 0.5) is 0 Å². The van der Waals surface area contributed by atoms with Crippen molar-refractivity contribution in [1.82, 2.24) is 0 Å². The Kier molecular flexibility index (Phi) is 4.78. The molecule has 0 radical (unpaired) electrons. The first-order valence-electron chi connectivity index (χ1n) is 2.65. The second-order valence-electron chi connectivity index (χ2n) is 1.61. The molecule has 5 N–H and O–H groups in total. The van der Waals surface area contributed by atoms with Crippen molar-refractivity contribution >= 4 is 17.7 Å². The van der Waals surface area contributed by atoms with E-state index in [1.54, 1.807) is 5.41 Å². The molecule has 0 amide bonds. The lowest BCUT2D eigenvalue weighted by molar-refractivity contribution is -0.137. The van der Waals surface area contributed by atoms with Crippen LogP contribution in [0, 0.1) is 0 Å². The SMILES string of the molecule is NC=CSC[C@@H](N)C(=O)O. The number of carbonyl (C=O) groups is 1. The minimum atomic E-state index is -0.988. The van der Waals surface area contributed by atoms with Crippen molar-refractivity contribution < 1.29 is 9.90 Å². The van der Waals surface area contributed by atoms with Gasteiger partial charge in [0.2, 0.25) is 0 Å². The van der Waals surface area contributed by atoms with Crippen molar-refractivity contribution in [3.63, 3.8) is 0 Å². The minimum absolute atomic E-state index is 0.350. The second-order valence-corrected chi connectivity index (χ2v) is 2.55. The average molecular weight is 162 g/mol. The van der Waals surface area contributed by atoms with Crippen molar-refractivity contribution in [3.05, 3.63) is 11.6 Å². The molecule has 0 bridgehead atoms. The molecule has 10 heavy (non-hydrogen) atoms. The zero-order valence-electron chi connectivity index (χ0n) is 5.36. The first kappa shape index (κ1) is 9.32. The molecular weight excluding hydrogens is 152 g/mol. The molecule has 0 aliphatic carbocycles. The molecule has 0 aromatic heterocycles. The van der Waals surface area contributed by atoms with E-state index in [1.165, 1.54) is 18.0 Å². The maximum Gasteiger partial charge on any atom is 0.321 e. The number of carboxylic acid groups (broad SMARTS) is 1. The van der Waals surface area contributed by atoms with Gasteiger partial charge in [-0.2, -0.15) is 0 Å². The summed E-state index contributed by atoms with van der Waals surface area (Å²) in [6, 6.07) is -0.804. The van der Waals surface area contributed by atoms with Crippen LogP contribution in [0.5, 0.6) is 0 Å². The van der Waals surface area contributed by atoms with Gasteiger partial charge in [-0.25, -0.2) is 0 Å². The van der Waals surface area contributed by atoms with Crippen LogP contribution in [0.1, 0.15) is 0 Å². The lowest BCUT2D eigenvalue weighted by Crippen LogP contribution is -2.32. The van der Waals surface area contributed by atoms with Crippen LogP contribution < -0.4 is 11.5 Å². The highest BCUT2D eigenvalue weighted by molar-refractivity contribution is 8.02. The molecule has 0 saturated heterocycles. The van der Waals surface area contributed by atoms with Crippen molar-refractivity contribution in [3.8, 4) is 0 Å². The largest absolute Gasteiger partial charge is 0.480 e. The van der Waals surface area contributed by atoms with Gasteiger partial charge in [-0.05, 0) is 5.41 Å². The third kappa shape index (κ3) is 4.22. The highest BCUT2D eigenvalue weighted by Crippen LogP contribution is 2.01. The quantitative estimate of drug-likeness (QED) is 0.521. The van der Waals surface area contributed by atoms with E-state index in [9.17, 15) is 4.79 Å². The standard InChI is InChI=1S/C5H10N2O2S/c6-1-2-10-3-4(7)5(8)9/h1-2,4H,3,6-7H2,(H,8,9)/t4-/m1/s1. The van der Waals surface area contributed by atoms with Crippen molar-refractivity contribution in [2.75, 3.05) is 5.75 Å². The number of carboxylic acids is 1. The average Bonchev–Trinajstić information content (AvgIpc) is 1.88. The Morgan fingerprint density at radius 3 is 2.80 bits per heavy atom. The van der Waals surface area contributed by atoms with Gasteiger partial charge in [0.25, 0.3) is 0 Å². The molecule has 0 fully saturated rings. The molecular formula is C5H10N2O2S. The molecule has 0 heterocycles. The van der Waals surface area contributed by atoms with E-state index < -0.39 is 12.0 Å². The van der Waals surface area contributed by atoms with Gasteiger partial charge < -0.3 is 16.6 Å². The summed E-state index contributed by atoms with van der Waals surface area (Å²) in [5.41, 5.74) is 10.2. The number of thioether (sulfide) groups is 1. The van der Waals surface area contributed by atoms with Gasteiger partial charge in [0.15, 0.2) is 0 Å². The summed E-state index contributed by atoms with van der Waals surface area (Å²) < 4.78 is 0. The molecule has 0 saturated carbocycles. The summed E-state index contributed by atoms with van der Waals surface area (Å²) in [4.78, 5) is 10.1. The van der Waals surface area contributed by atoms with Crippen LogP contribution in [0.25, 0.3) is 0 Å². The van der Waals surface area contributed by atoms with Gasteiger partial charge in [-0.1, -0.05) is 0 Å². The van der Waals surface area contributed by atoms with Crippen LogP contribution in [-0.2, 0) is 4.79 Å². The van der Waals surface area contributed by atoms with Crippen LogP contribution >= 0.6 is 11.8 Å². The zero-order valence-corrected chi connectivity index (χ0v) is 6.17. The summed E-state index contributed by atoms with van der Waals surface area (Å²) in [5.74, 6) is -0.638. The van der Waals surface area contributed by atoms with Gasteiger partial charge in [0.1, 0.15) is 6.04 Å². The number of hydrogen-bond acceptors (Lipinski definition) is 4. The van der Waals surface area contributed by atoms with Crippen LogP contribution in [-0.4, -0.2) is 22.9 Å². The predicted molar refractivity (Wildman–Crippen MR) is 41.4 cm³/mol. The Bertz CT molecular complexity index is 138. The van der Waals surface area contributed by atoms with E-state index >= 15 is 0 Å². The fraction of sp³-hybridized carbons (Fsp3) is 0.400. The molecule has 1 atom stereocenters. The van der Waals surface area contributed by atoms with Crippen LogP contribution in [0.3, 0.4) is 0 Å². The molecule has 0 rings (SSSR count). The molecule has 0 spiro atoms. The summed E-state index contributed by atoms with van der Waals surface area (Å²) >= 11 is 1.28. The first-order valence-corrected chi connectivity index (χ1v) is 3.70. The Balaban J connectivity index is 3.39. The summed E-state index contributed by atoms with van der Waals surface area (Å²) in [7, 11) is 0. The Morgan fingerprint density at radius 2 is 2.40 bits per heavy atom. The molecule has 0 aromatic rings. The third-order valence-electron chi connectivity index (χ3n) is 0.768. The number of rotatable bonds is 4. The minimum Gasteiger partial charge on any atom is -0.480 e. The Labute approximate surface area is 63.3 Å². The lowest BCUT2D eigenvalue weighted by Gasteiger charge is -2.01. The topological polar surface area (TPSA) is 89.3 Å². The fourth-order valence-electron chi connectivity index (χ4n) is 0.286. The lowest BCUT2D eigenvalue weighted by atomic mass is 10.4. The van der Waals surface area contributed by atoms with E-state index in [4.69, 9.17) is 16.6 Å². The van der Waals surface area contributed by atoms with Gasteiger partial charge >= 0.3 is 5.97 Å². The first-order chi connectivity index (χ1) is 4.68. The molecule has 58 valence electrons. The second kappa shape index (κ2) is 5.13. The maximum absolute atomic E-state index is 10.1. The van der Waals surface area contributed by atoms with Gasteiger partial charge in [0, 0.05) is 12.0 Å². The van der Waals surface area contributed by atoms with Crippen LogP contribution in [0.2, 0.25) is 0 Å². The summed E-state index contributed by atoms with van der Waals surface area (Å²) in [6.45, 7) is 0. The van der Waals surface area contributed by atoms with Crippen molar-refractivity contribution in [1.29, 1.82) is 0 Å². The van der Waals surface area contributed by atoms with E-state index in [0.717, 1.165) is 0 Å². The molecule has 0 aromatic carbocycles. The number of hydrogen-bond donors (Lipinski definition) is 3. The van der Waals surface area contributed by atoms with E-state index in [2.05, 4.69) is 0 Å². The van der Waals surface area contributed by atoms with Gasteiger partial charge in [0.05, 0.1) is 0 Å². The summed E-state index contributed by atoms with van der Waals surface area (Å²) in [5, 5.41) is 9.89. The van der Waals surface area contributed by atoms with Gasteiger partial charge in [-0.15, -0.1) is 11.8 Å². The van der Waals surface area contributed by atoms with Crippen molar-refractivity contribution in [2.24, 2.45) is 11.5 Å². The third-order valence-corrected chi connectivity index (χ3v) is 1.67. The molecule has 0 aliphatic heterocycles. The molecule has 0 aliphatic rings. The Morgan fingerprint density at radius 1 is 1.80 bits per heavy atom. The molecule has 0 unspecified atom stereocenters. The van der Waals surface area contributed by atoms with E-state index in [1.807, 2.05) is 0 Å². The molecule has 5 heteroatoms. The van der Waals surface area contributed by atoms with Gasteiger partial charge in [-0.3, -0.25) is 4.79 Å². The normalized spacial score (nSPS) is 13.7. The van der Waals surface area contributed by atoms with E-state index in [0.29, 0.717) is 5.75 Å². The monoisotopic (exact) mass is 162 g/mol. The molecule has 4 nitrogen and oxygen atoms in total. The highest BCUT2D eigenvalue weighted by atomic mass is 32.2. The smallest absolute Gasteiger partial charge is 0.321 e. The van der Waals surface area contributed by atoms with Crippen molar-refractivity contribution in [2.45, 2.75) is 6.04 Å². The fourth-order valence-corrected chi connectivity index (χ4v) is 0.858.